The zero-order valence-electron chi connectivity index (χ0n) is 17.2. The van der Waals surface area contributed by atoms with Crippen LogP contribution in [0.15, 0.2) is 54.9 Å². The van der Waals surface area contributed by atoms with Crippen molar-refractivity contribution in [1.82, 2.24) is 19.5 Å². The van der Waals surface area contributed by atoms with E-state index in [1.165, 1.54) is 0 Å². The zero-order chi connectivity index (χ0) is 21.8. The van der Waals surface area contributed by atoms with E-state index in [0.717, 1.165) is 42.0 Å². The van der Waals surface area contributed by atoms with Crippen LogP contribution in [-0.2, 0) is 13.0 Å². The van der Waals surface area contributed by atoms with Crippen molar-refractivity contribution in [3.05, 3.63) is 66.2 Å². The summed E-state index contributed by atoms with van der Waals surface area (Å²) in [5.41, 5.74) is 9.25. The van der Waals surface area contributed by atoms with Crippen LogP contribution in [0.1, 0.15) is 31.2 Å². The summed E-state index contributed by atoms with van der Waals surface area (Å²) in [5.74, 6) is 2.19. The molecule has 0 unspecified atom stereocenters. The average molecular weight is 417 g/mol. The molecule has 2 aromatic carbocycles. The van der Waals surface area contributed by atoms with Crippen LogP contribution in [0.3, 0.4) is 0 Å². The molecule has 2 aromatic rings. The number of para-hydroxylation sites is 1. The minimum Gasteiger partial charge on any atom is -0.449 e. The molecule has 2 aliphatic rings. The number of aromatic nitrogens is 4. The van der Waals surface area contributed by atoms with Gasteiger partial charge in [-0.2, -0.15) is 0 Å². The van der Waals surface area contributed by atoms with Gasteiger partial charge in [-0.15, -0.1) is 0 Å². The highest BCUT2D eigenvalue weighted by Gasteiger charge is 2.18. The van der Waals surface area contributed by atoms with Gasteiger partial charge < -0.3 is 20.1 Å². The maximum atomic E-state index is 10.9. The Hall–Kier alpha value is -3.94. The van der Waals surface area contributed by atoms with Crippen LogP contribution in [0.4, 0.5) is 10.6 Å². The monoisotopic (exact) mass is 417 g/mol. The van der Waals surface area contributed by atoms with Gasteiger partial charge in [-0.1, -0.05) is 55.8 Å². The van der Waals surface area contributed by atoms with Crippen molar-refractivity contribution >= 4 is 12.0 Å². The number of fused-ring (bicyclic) bond motifs is 1. The molecule has 4 rings (SSSR count). The Labute approximate surface area is 179 Å². The molecule has 8 heteroatoms. The first-order valence-corrected chi connectivity index (χ1v) is 10.1. The van der Waals surface area contributed by atoms with Crippen LogP contribution in [-0.4, -0.2) is 30.8 Å². The number of ether oxygens (including phenoxy) is 1. The Balaban J connectivity index is 1.59. The summed E-state index contributed by atoms with van der Waals surface area (Å²) in [7, 11) is 0. The van der Waals surface area contributed by atoms with Crippen LogP contribution in [0.25, 0.3) is 22.6 Å². The summed E-state index contributed by atoms with van der Waals surface area (Å²) in [4.78, 5) is 24.4. The third-order valence-corrected chi connectivity index (χ3v) is 4.99. The molecule has 0 saturated heterocycles. The number of nitrogens with zero attached hydrogens (tertiary/aromatic N) is 4. The first-order chi connectivity index (χ1) is 15.0. The quantitative estimate of drug-likeness (QED) is 0.336. The first-order valence-electron chi connectivity index (χ1n) is 10.1. The standard InChI is InChI=1S/C23H23N5O3/c1-2-3-8-19-26-20-21(24)25-14-28(22(20)27-19)13-15-9-11-16(12-10-15)17-6-4-5-7-18(17)31-23(29)30/h4-7,9-12,14H,2-3,8,13,24H2,1H3,(H,29,30). The lowest BCUT2D eigenvalue weighted by atomic mass is 10.0. The van der Waals surface area contributed by atoms with Gasteiger partial charge in [-0.25, -0.2) is 19.7 Å². The first kappa shape index (κ1) is 20.3. The van der Waals surface area contributed by atoms with Gasteiger partial charge in [-0.3, -0.25) is 0 Å². The van der Waals surface area contributed by atoms with Gasteiger partial charge in [0.15, 0.2) is 17.3 Å². The number of hydrogen-bond acceptors (Lipinski definition) is 6. The minimum absolute atomic E-state index is 0.299. The third kappa shape index (κ3) is 4.48. The Kier molecular flexibility index (Phi) is 5.79. The second-order valence-corrected chi connectivity index (χ2v) is 7.23. The van der Waals surface area contributed by atoms with Crippen molar-refractivity contribution in [2.75, 3.05) is 5.73 Å². The number of rotatable bonds is 7. The van der Waals surface area contributed by atoms with Crippen molar-refractivity contribution in [2.24, 2.45) is 0 Å². The van der Waals surface area contributed by atoms with E-state index in [1.807, 2.05) is 41.0 Å². The van der Waals surface area contributed by atoms with Crippen LogP contribution >= 0.6 is 0 Å². The number of nitrogen functional groups attached to an aromatic ring is 1. The molecule has 2 aliphatic heterocycles. The number of aryl methyl sites for hydroxylation is 1. The lowest BCUT2D eigenvalue weighted by Crippen LogP contribution is -2.09. The molecule has 3 N–H and O–H groups in total. The third-order valence-electron chi connectivity index (χ3n) is 4.99. The van der Waals surface area contributed by atoms with Gasteiger partial charge >= 0.3 is 6.16 Å². The Morgan fingerprint density at radius 3 is 2.65 bits per heavy atom. The lowest BCUT2D eigenvalue weighted by molar-refractivity contribution is 0.144. The van der Waals surface area contributed by atoms with Crippen molar-refractivity contribution in [2.45, 2.75) is 32.7 Å². The zero-order valence-corrected chi connectivity index (χ0v) is 17.2. The highest BCUT2D eigenvalue weighted by Crippen LogP contribution is 2.30. The van der Waals surface area contributed by atoms with Gasteiger partial charge in [0.1, 0.15) is 11.6 Å². The van der Waals surface area contributed by atoms with Crippen LogP contribution in [0, 0.1) is 0 Å². The maximum absolute atomic E-state index is 10.9. The van der Waals surface area contributed by atoms with Crippen LogP contribution in [0.2, 0.25) is 0 Å². The van der Waals surface area contributed by atoms with Gasteiger partial charge in [0.05, 0.1) is 12.9 Å². The molecule has 8 nitrogen and oxygen atoms in total. The molecule has 0 saturated carbocycles. The molecule has 0 radical (unpaired) electrons. The Morgan fingerprint density at radius 1 is 1.13 bits per heavy atom. The van der Waals surface area contributed by atoms with Crippen molar-refractivity contribution in [3.8, 4) is 28.4 Å². The van der Waals surface area contributed by atoms with Crippen LogP contribution < -0.4 is 10.5 Å². The molecule has 158 valence electrons. The topological polar surface area (TPSA) is 116 Å². The van der Waals surface area contributed by atoms with E-state index in [2.05, 4.69) is 21.9 Å². The smallest absolute Gasteiger partial charge is 0.449 e. The average Bonchev–Trinajstić information content (AvgIpc) is 3.20. The largest absolute Gasteiger partial charge is 0.511 e. The van der Waals surface area contributed by atoms with Gasteiger partial charge in [-0.05, 0) is 23.6 Å². The highest BCUT2D eigenvalue weighted by atomic mass is 16.7. The molecule has 31 heavy (non-hydrogen) atoms. The van der Waals surface area contributed by atoms with Crippen molar-refractivity contribution in [1.29, 1.82) is 0 Å². The number of nitrogens with two attached hydrogens (primary N) is 1. The summed E-state index contributed by atoms with van der Waals surface area (Å²) in [6, 6.07) is 14.9. The van der Waals surface area contributed by atoms with Crippen molar-refractivity contribution in [3.63, 3.8) is 0 Å². The molecule has 0 aliphatic carbocycles. The Bertz CT molecular complexity index is 1170. The molecule has 2 heterocycles. The predicted octanol–water partition coefficient (Wildman–Crippen LogP) is 4.47. The molecule has 0 atom stereocenters. The highest BCUT2D eigenvalue weighted by molar-refractivity contribution is 5.74. The summed E-state index contributed by atoms with van der Waals surface area (Å²) < 4.78 is 6.83. The summed E-state index contributed by atoms with van der Waals surface area (Å²) in [6.07, 6.45) is 3.26. The van der Waals surface area contributed by atoms with Gasteiger partial charge in [0.2, 0.25) is 0 Å². The Morgan fingerprint density at radius 2 is 1.90 bits per heavy atom. The molecule has 0 bridgehead atoms. The van der Waals surface area contributed by atoms with Gasteiger partial charge in [0, 0.05) is 12.0 Å². The minimum atomic E-state index is -1.34. The summed E-state index contributed by atoms with van der Waals surface area (Å²) >= 11 is 0. The number of benzene rings is 2. The number of hydrogen-bond donors (Lipinski definition) is 2. The SMILES string of the molecule is CCCCc1nc2c(N)ncn(Cc3ccc(-c4ccccc4OC(=O)O)cc3)c-2n1. The normalized spacial score (nSPS) is 11.0. The molecule has 0 fully saturated rings. The lowest BCUT2D eigenvalue weighted by Gasteiger charge is -2.12. The fraction of sp³-hybridized carbons (Fsp3) is 0.217. The summed E-state index contributed by atoms with van der Waals surface area (Å²) in [5, 5.41) is 8.95. The van der Waals surface area contributed by atoms with E-state index in [-0.39, 0.29) is 0 Å². The predicted molar refractivity (Wildman–Crippen MR) is 117 cm³/mol. The van der Waals surface area contributed by atoms with E-state index < -0.39 is 6.16 Å². The van der Waals surface area contributed by atoms with E-state index in [9.17, 15) is 4.79 Å². The molecule has 0 aromatic heterocycles. The molecular formula is C23H23N5O3. The van der Waals surface area contributed by atoms with E-state index in [0.29, 0.717) is 29.4 Å². The fourth-order valence-corrected chi connectivity index (χ4v) is 3.44. The molecule has 0 amide bonds. The molecular weight excluding hydrogens is 394 g/mol. The van der Waals surface area contributed by atoms with Crippen LogP contribution in [0.5, 0.6) is 5.75 Å². The van der Waals surface area contributed by atoms with E-state index >= 15 is 0 Å². The second-order valence-electron chi connectivity index (χ2n) is 7.23. The van der Waals surface area contributed by atoms with E-state index in [4.69, 9.17) is 15.6 Å². The van der Waals surface area contributed by atoms with Crippen molar-refractivity contribution < 1.29 is 14.6 Å². The number of carbonyl (C=O) groups is 1. The van der Waals surface area contributed by atoms with Gasteiger partial charge in [0.25, 0.3) is 0 Å². The van der Waals surface area contributed by atoms with E-state index in [1.54, 1.807) is 18.5 Å². The maximum Gasteiger partial charge on any atom is 0.511 e. The number of anilines is 1. The fourth-order valence-electron chi connectivity index (χ4n) is 3.44. The number of carboxylic acid groups (broad SMARTS) is 1. The number of unbranched alkanes of at least 4 members (excludes halogenated alkanes) is 1. The number of imidazole rings is 1. The molecule has 0 spiro atoms. The summed E-state index contributed by atoms with van der Waals surface area (Å²) in [6.45, 7) is 2.69. The second kappa shape index (κ2) is 8.83.